The summed E-state index contributed by atoms with van der Waals surface area (Å²) in [6.45, 7) is 4.63. The molecule has 124 valence electrons. The van der Waals surface area contributed by atoms with Crippen LogP contribution < -0.4 is 0 Å². The van der Waals surface area contributed by atoms with Crippen molar-refractivity contribution in [1.29, 1.82) is 0 Å². The molecule has 2 aromatic carbocycles. The Morgan fingerprint density at radius 3 is 2.83 bits per heavy atom. The molecule has 1 aliphatic rings. The third-order valence-corrected chi connectivity index (χ3v) is 5.68. The molecule has 0 atom stereocenters. The number of rotatable bonds is 4. The van der Waals surface area contributed by atoms with Crippen molar-refractivity contribution in [3.8, 4) is 0 Å². The molecular formula is C21H22O2S. The number of hydrogen-bond donors (Lipinski definition) is 1. The van der Waals surface area contributed by atoms with E-state index in [-0.39, 0.29) is 5.41 Å². The van der Waals surface area contributed by atoms with Gasteiger partial charge in [-0.1, -0.05) is 56.3 Å². The highest BCUT2D eigenvalue weighted by Crippen LogP contribution is 2.41. The quantitative estimate of drug-likeness (QED) is 0.809. The van der Waals surface area contributed by atoms with Gasteiger partial charge in [-0.2, -0.15) is 0 Å². The molecule has 2 nitrogen and oxygen atoms in total. The van der Waals surface area contributed by atoms with E-state index >= 15 is 0 Å². The van der Waals surface area contributed by atoms with E-state index in [1.165, 1.54) is 28.2 Å². The zero-order valence-corrected chi connectivity index (χ0v) is 14.9. The molecule has 2 aromatic rings. The minimum atomic E-state index is -0.886. The molecule has 0 amide bonds. The molecule has 0 unspecified atom stereocenters. The van der Waals surface area contributed by atoms with Gasteiger partial charge in [-0.05, 0) is 52.8 Å². The highest BCUT2D eigenvalue weighted by molar-refractivity contribution is 7.99. The summed E-state index contributed by atoms with van der Waals surface area (Å²) in [5.74, 6) is 0.299. The van der Waals surface area contributed by atoms with Crippen LogP contribution in [0.5, 0.6) is 0 Å². The Morgan fingerprint density at radius 2 is 2.04 bits per heavy atom. The third kappa shape index (κ3) is 3.57. The number of thioether (sulfide) groups is 1. The number of carboxylic acid groups (broad SMARTS) is 1. The number of allylic oxidation sites excluding steroid dienone is 1. The topological polar surface area (TPSA) is 37.3 Å². The van der Waals surface area contributed by atoms with Gasteiger partial charge in [-0.25, -0.2) is 4.79 Å². The minimum Gasteiger partial charge on any atom is -0.478 e. The van der Waals surface area contributed by atoms with Crippen molar-refractivity contribution in [3.63, 3.8) is 0 Å². The van der Waals surface area contributed by atoms with Gasteiger partial charge in [0.15, 0.2) is 0 Å². The van der Waals surface area contributed by atoms with Crippen molar-refractivity contribution in [1.82, 2.24) is 0 Å². The predicted molar refractivity (Wildman–Crippen MR) is 101 cm³/mol. The van der Waals surface area contributed by atoms with E-state index in [2.05, 4.69) is 32.0 Å². The lowest BCUT2D eigenvalue weighted by atomic mass is 9.81. The fraction of sp³-hybridized carbons (Fsp3) is 0.286. The Bertz CT molecular complexity index is 790. The van der Waals surface area contributed by atoms with E-state index in [4.69, 9.17) is 0 Å². The zero-order valence-electron chi connectivity index (χ0n) is 14.1. The van der Waals surface area contributed by atoms with Gasteiger partial charge in [0.2, 0.25) is 0 Å². The number of hydrogen-bond acceptors (Lipinski definition) is 2. The largest absolute Gasteiger partial charge is 0.478 e. The Kier molecular flexibility index (Phi) is 4.81. The van der Waals surface area contributed by atoms with Gasteiger partial charge >= 0.3 is 5.97 Å². The van der Waals surface area contributed by atoms with Crippen molar-refractivity contribution >= 4 is 23.8 Å². The van der Waals surface area contributed by atoms with Gasteiger partial charge in [0.25, 0.3) is 0 Å². The Morgan fingerprint density at radius 1 is 1.25 bits per heavy atom. The molecule has 1 heterocycles. The maximum absolute atomic E-state index is 11.3. The summed E-state index contributed by atoms with van der Waals surface area (Å²) < 4.78 is 0. The summed E-state index contributed by atoms with van der Waals surface area (Å²) in [4.78, 5) is 12.6. The first kappa shape index (κ1) is 16.8. The maximum Gasteiger partial charge on any atom is 0.336 e. The fourth-order valence-corrected chi connectivity index (χ4v) is 4.56. The average Bonchev–Trinajstić information content (AvgIpc) is 2.55. The molecule has 0 spiro atoms. The van der Waals surface area contributed by atoms with Gasteiger partial charge in [-0.3, -0.25) is 0 Å². The Labute approximate surface area is 147 Å². The van der Waals surface area contributed by atoms with Crippen molar-refractivity contribution in [2.75, 3.05) is 5.75 Å². The van der Waals surface area contributed by atoms with Crippen LogP contribution in [0.4, 0.5) is 0 Å². The number of aromatic carboxylic acids is 1. The molecule has 0 fully saturated rings. The lowest BCUT2D eigenvalue weighted by molar-refractivity contribution is 0.0696. The average molecular weight is 338 g/mol. The maximum atomic E-state index is 11.3. The second-order valence-corrected chi connectivity index (χ2v) is 7.95. The van der Waals surface area contributed by atoms with Gasteiger partial charge in [0.1, 0.15) is 0 Å². The van der Waals surface area contributed by atoms with Crippen LogP contribution in [-0.4, -0.2) is 16.8 Å². The van der Waals surface area contributed by atoms with Crippen LogP contribution >= 0.6 is 11.8 Å². The summed E-state index contributed by atoms with van der Waals surface area (Å²) in [5, 5.41) is 9.24. The van der Waals surface area contributed by atoms with Crippen LogP contribution in [0.3, 0.4) is 0 Å². The summed E-state index contributed by atoms with van der Waals surface area (Å²) in [6.07, 6.45) is 5.97. The lowest BCUT2D eigenvalue weighted by Crippen LogP contribution is -2.22. The van der Waals surface area contributed by atoms with Crippen molar-refractivity contribution in [2.45, 2.75) is 37.0 Å². The highest BCUT2D eigenvalue weighted by atomic mass is 32.2. The lowest BCUT2D eigenvalue weighted by Gasteiger charge is -2.32. The van der Waals surface area contributed by atoms with Gasteiger partial charge in [0, 0.05) is 4.90 Å². The molecular weight excluding hydrogens is 316 g/mol. The molecule has 0 aromatic heterocycles. The SMILES string of the molecule is CC1(C)CCSc2ccc(CC=Cc3ccccc3C(=O)O)cc21. The molecule has 0 bridgehead atoms. The van der Waals surface area contributed by atoms with Crippen LogP contribution in [0, 0.1) is 0 Å². The molecule has 24 heavy (non-hydrogen) atoms. The Hall–Kier alpha value is -2.00. The first-order valence-electron chi connectivity index (χ1n) is 8.22. The van der Waals surface area contributed by atoms with E-state index in [0.29, 0.717) is 5.56 Å². The zero-order chi connectivity index (χ0) is 17.2. The molecule has 1 N–H and O–H groups in total. The van der Waals surface area contributed by atoms with E-state index in [1.807, 2.05) is 36.0 Å². The van der Waals surface area contributed by atoms with E-state index in [1.54, 1.807) is 12.1 Å². The number of benzene rings is 2. The molecule has 3 heteroatoms. The summed E-state index contributed by atoms with van der Waals surface area (Å²) in [5.41, 5.74) is 4.04. The molecule has 1 aliphatic heterocycles. The standard InChI is InChI=1S/C21H22O2S/c1-21(2)12-13-24-19-11-10-15(14-18(19)21)6-5-8-16-7-3-4-9-17(16)20(22)23/h3-5,7-11,14H,6,12-13H2,1-2H3,(H,22,23). The van der Waals surface area contributed by atoms with Crippen molar-refractivity contribution in [2.24, 2.45) is 0 Å². The van der Waals surface area contributed by atoms with Gasteiger partial charge in [-0.15, -0.1) is 11.8 Å². The van der Waals surface area contributed by atoms with Gasteiger partial charge < -0.3 is 5.11 Å². The number of carboxylic acids is 1. The molecule has 0 aliphatic carbocycles. The van der Waals surface area contributed by atoms with Crippen molar-refractivity contribution in [3.05, 3.63) is 70.8 Å². The first-order chi connectivity index (χ1) is 11.5. The van der Waals surface area contributed by atoms with E-state index in [9.17, 15) is 9.90 Å². The normalized spacial score (nSPS) is 16.1. The number of fused-ring (bicyclic) bond motifs is 1. The second kappa shape index (κ2) is 6.86. The molecule has 0 saturated carbocycles. The van der Waals surface area contributed by atoms with E-state index < -0.39 is 5.97 Å². The Balaban J connectivity index is 1.80. The van der Waals surface area contributed by atoms with E-state index in [0.717, 1.165) is 12.0 Å². The summed E-state index contributed by atoms with van der Waals surface area (Å²) in [6, 6.07) is 13.8. The van der Waals surface area contributed by atoms with Crippen molar-refractivity contribution < 1.29 is 9.90 Å². The predicted octanol–water partition coefficient (Wildman–Crippen LogP) is 5.41. The third-order valence-electron chi connectivity index (χ3n) is 4.60. The summed E-state index contributed by atoms with van der Waals surface area (Å²) >= 11 is 1.94. The van der Waals surface area contributed by atoms with Crippen LogP contribution in [-0.2, 0) is 11.8 Å². The first-order valence-corrected chi connectivity index (χ1v) is 9.21. The van der Waals surface area contributed by atoms with Crippen LogP contribution in [0.15, 0.2) is 53.4 Å². The smallest absolute Gasteiger partial charge is 0.336 e. The molecule has 3 rings (SSSR count). The molecule has 0 radical (unpaired) electrons. The van der Waals surface area contributed by atoms with Crippen LogP contribution in [0.25, 0.3) is 6.08 Å². The van der Waals surface area contributed by atoms with Crippen LogP contribution in [0.2, 0.25) is 0 Å². The monoisotopic (exact) mass is 338 g/mol. The highest BCUT2D eigenvalue weighted by Gasteiger charge is 2.27. The molecule has 0 saturated heterocycles. The second-order valence-electron chi connectivity index (χ2n) is 6.81. The number of carbonyl (C=O) groups is 1. The van der Waals surface area contributed by atoms with Gasteiger partial charge in [0.05, 0.1) is 5.56 Å². The van der Waals surface area contributed by atoms with Crippen LogP contribution in [0.1, 0.15) is 47.3 Å². The minimum absolute atomic E-state index is 0.232. The summed E-state index contributed by atoms with van der Waals surface area (Å²) in [7, 11) is 0. The fourth-order valence-electron chi connectivity index (χ4n) is 3.07.